The number of carbonyl (C=O) groups excluding carboxylic acids is 2. The first-order valence-electron chi connectivity index (χ1n) is 6.79. The summed E-state index contributed by atoms with van der Waals surface area (Å²) in [6, 6.07) is 1.21. The third-order valence-corrected chi connectivity index (χ3v) is 3.61. The van der Waals surface area contributed by atoms with E-state index in [1.165, 1.54) is 11.8 Å². The molecule has 0 fully saturated rings. The average molecular weight is 314 g/mol. The van der Waals surface area contributed by atoms with Crippen LogP contribution in [0.5, 0.6) is 0 Å². The number of thioether (sulfide) groups is 1. The number of ether oxygens (including phenoxy) is 1. The summed E-state index contributed by atoms with van der Waals surface area (Å²) in [6.45, 7) is 5.99. The molecule has 1 heterocycles. The monoisotopic (exact) mass is 314 g/mol. The second kappa shape index (κ2) is 8.68. The van der Waals surface area contributed by atoms with E-state index in [0.29, 0.717) is 18.2 Å². The predicted octanol–water partition coefficient (Wildman–Crippen LogP) is 1.03. The van der Waals surface area contributed by atoms with Gasteiger partial charge in [0.2, 0.25) is 5.91 Å². The number of carbonyl (C=O) groups is 2. The highest BCUT2D eigenvalue weighted by atomic mass is 32.2. The van der Waals surface area contributed by atoms with Gasteiger partial charge in [0.1, 0.15) is 11.9 Å². The molecule has 0 bridgehead atoms. The minimum atomic E-state index is -0.705. The topological polar surface area (TPSA) is 99.2 Å². The number of esters is 1. The lowest BCUT2D eigenvalue weighted by Gasteiger charge is -2.12. The van der Waals surface area contributed by atoms with Gasteiger partial charge in [0, 0.05) is 17.9 Å². The molecule has 1 aromatic heterocycles. The van der Waals surface area contributed by atoms with Crippen molar-refractivity contribution in [2.75, 3.05) is 23.4 Å². The molecule has 0 aliphatic rings. The fraction of sp³-hybridized carbons (Fsp3) is 0.615. The van der Waals surface area contributed by atoms with Crippen molar-refractivity contribution in [3.05, 3.63) is 12.3 Å². The summed E-state index contributed by atoms with van der Waals surface area (Å²) in [7, 11) is 0. The Hall–Kier alpha value is -1.54. The lowest BCUT2D eigenvalue weighted by Crippen LogP contribution is -2.35. The zero-order chi connectivity index (χ0) is 15.8. The van der Waals surface area contributed by atoms with Crippen LogP contribution >= 0.6 is 11.8 Å². The van der Waals surface area contributed by atoms with Crippen LogP contribution < -0.4 is 11.1 Å². The number of nitrogens with zero attached hydrogens (tertiary/aromatic N) is 2. The molecule has 0 saturated carbocycles. The van der Waals surface area contributed by atoms with Gasteiger partial charge in [-0.3, -0.25) is 9.59 Å². The molecule has 0 aliphatic carbocycles. The van der Waals surface area contributed by atoms with Gasteiger partial charge in [0.25, 0.3) is 0 Å². The van der Waals surface area contributed by atoms with Gasteiger partial charge in [-0.15, -0.1) is 11.8 Å². The third kappa shape index (κ3) is 5.76. The maximum absolute atomic E-state index is 11.8. The molecule has 1 rings (SSSR count). The summed E-state index contributed by atoms with van der Waals surface area (Å²) in [6.07, 6.45) is 1.64. The predicted molar refractivity (Wildman–Crippen MR) is 83.2 cm³/mol. The molecule has 0 aromatic carbocycles. The molecule has 118 valence electrons. The van der Waals surface area contributed by atoms with Crippen molar-refractivity contribution in [2.45, 2.75) is 32.9 Å². The van der Waals surface area contributed by atoms with Crippen molar-refractivity contribution in [3.63, 3.8) is 0 Å². The highest BCUT2D eigenvalue weighted by molar-refractivity contribution is 8.00. The Morgan fingerprint density at radius 1 is 1.52 bits per heavy atom. The Kier molecular flexibility index (Phi) is 7.24. The largest absolute Gasteiger partial charge is 0.465 e. The van der Waals surface area contributed by atoms with Crippen LogP contribution in [0.1, 0.15) is 26.8 Å². The maximum Gasteiger partial charge on any atom is 0.323 e. The Labute approximate surface area is 128 Å². The Balaban J connectivity index is 2.34. The van der Waals surface area contributed by atoms with E-state index < -0.39 is 12.0 Å². The number of anilines is 1. The number of hydrogen-bond donors (Lipinski definition) is 2. The first-order chi connectivity index (χ1) is 9.95. The van der Waals surface area contributed by atoms with E-state index in [2.05, 4.69) is 10.4 Å². The van der Waals surface area contributed by atoms with Crippen LogP contribution in [0.4, 0.5) is 5.82 Å². The minimum Gasteiger partial charge on any atom is -0.465 e. The molecule has 1 unspecified atom stereocenters. The van der Waals surface area contributed by atoms with Gasteiger partial charge in [-0.05, 0) is 20.8 Å². The number of rotatable bonds is 8. The molecule has 0 spiro atoms. The zero-order valence-electron chi connectivity index (χ0n) is 12.5. The summed E-state index contributed by atoms with van der Waals surface area (Å²) < 4.78 is 6.53. The summed E-state index contributed by atoms with van der Waals surface area (Å²) in [4.78, 5) is 23.2. The number of nitrogens with one attached hydrogen (secondary N) is 1. The van der Waals surface area contributed by atoms with Crippen molar-refractivity contribution in [1.29, 1.82) is 0 Å². The fourth-order valence-corrected chi connectivity index (χ4v) is 2.37. The van der Waals surface area contributed by atoms with E-state index in [-0.39, 0.29) is 17.7 Å². The number of nitrogens with two attached hydrogens (primary N) is 1. The molecule has 21 heavy (non-hydrogen) atoms. The first-order valence-corrected chi connectivity index (χ1v) is 7.94. The SMILES string of the molecule is CCOC(=O)C(N)CSCC(=O)Nc1ccnn1C(C)C. The van der Waals surface area contributed by atoms with Crippen LogP contribution in [-0.4, -0.2) is 45.8 Å². The molecule has 0 aliphatic heterocycles. The van der Waals surface area contributed by atoms with Gasteiger partial charge >= 0.3 is 5.97 Å². The van der Waals surface area contributed by atoms with Crippen LogP contribution in [0, 0.1) is 0 Å². The second-order valence-electron chi connectivity index (χ2n) is 4.68. The van der Waals surface area contributed by atoms with Crippen molar-refractivity contribution in [2.24, 2.45) is 5.73 Å². The normalized spacial score (nSPS) is 12.2. The van der Waals surface area contributed by atoms with Crippen LogP contribution in [0.25, 0.3) is 0 Å². The van der Waals surface area contributed by atoms with Crippen LogP contribution in [0.2, 0.25) is 0 Å². The van der Waals surface area contributed by atoms with Crippen molar-refractivity contribution in [3.8, 4) is 0 Å². The van der Waals surface area contributed by atoms with Gasteiger partial charge in [-0.1, -0.05) is 0 Å². The maximum atomic E-state index is 11.8. The first kappa shape index (κ1) is 17.5. The smallest absolute Gasteiger partial charge is 0.323 e. The van der Waals surface area contributed by atoms with E-state index >= 15 is 0 Å². The number of amides is 1. The summed E-state index contributed by atoms with van der Waals surface area (Å²) in [5.74, 6) is 0.624. The highest BCUT2D eigenvalue weighted by Gasteiger charge is 2.15. The summed E-state index contributed by atoms with van der Waals surface area (Å²) in [5, 5.41) is 6.92. The average Bonchev–Trinajstić information content (AvgIpc) is 2.87. The van der Waals surface area contributed by atoms with E-state index in [9.17, 15) is 9.59 Å². The molecule has 3 N–H and O–H groups in total. The van der Waals surface area contributed by atoms with Gasteiger partial charge in [0.05, 0.1) is 18.6 Å². The zero-order valence-corrected chi connectivity index (χ0v) is 13.4. The molecule has 0 radical (unpaired) electrons. The van der Waals surface area contributed by atoms with Gasteiger partial charge in [-0.2, -0.15) is 5.10 Å². The molecular weight excluding hydrogens is 292 g/mol. The molecule has 1 aromatic rings. The highest BCUT2D eigenvalue weighted by Crippen LogP contribution is 2.13. The fourth-order valence-electron chi connectivity index (χ4n) is 1.60. The van der Waals surface area contributed by atoms with E-state index in [4.69, 9.17) is 10.5 Å². The van der Waals surface area contributed by atoms with E-state index in [1.807, 2.05) is 13.8 Å². The number of hydrogen-bond acceptors (Lipinski definition) is 6. The quantitative estimate of drug-likeness (QED) is 0.695. The van der Waals surface area contributed by atoms with Crippen molar-refractivity contribution < 1.29 is 14.3 Å². The summed E-state index contributed by atoms with van der Waals surface area (Å²) in [5.41, 5.74) is 5.65. The van der Waals surface area contributed by atoms with Crippen LogP contribution in [0.15, 0.2) is 12.3 Å². The Morgan fingerprint density at radius 3 is 2.86 bits per heavy atom. The van der Waals surface area contributed by atoms with Crippen LogP contribution in [0.3, 0.4) is 0 Å². The molecule has 1 atom stereocenters. The molecule has 0 saturated heterocycles. The molecule has 8 heteroatoms. The van der Waals surface area contributed by atoms with E-state index in [0.717, 1.165) is 0 Å². The second-order valence-corrected chi connectivity index (χ2v) is 5.71. The lowest BCUT2D eigenvalue weighted by molar-refractivity contribution is -0.144. The Morgan fingerprint density at radius 2 is 2.24 bits per heavy atom. The van der Waals surface area contributed by atoms with Crippen molar-refractivity contribution >= 4 is 29.5 Å². The molecule has 1 amide bonds. The van der Waals surface area contributed by atoms with Gasteiger partial charge in [-0.25, -0.2) is 4.68 Å². The minimum absolute atomic E-state index is 0.154. The summed E-state index contributed by atoms with van der Waals surface area (Å²) >= 11 is 1.29. The third-order valence-electron chi connectivity index (χ3n) is 2.55. The molecular formula is C13H22N4O3S. The Bertz CT molecular complexity index is 476. The van der Waals surface area contributed by atoms with Gasteiger partial charge < -0.3 is 15.8 Å². The van der Waals surface area contributed by atoms with Gasteiger partial charge in [0.15, 0.2) is 0 Å². The van der Waals surface area contributed by atoms with Crippen LogP contribution in [-0.2, 0) is 14.3 Å². The molecule has 7 nitrogen and oxygen atoms in total. The standard InChI is InChI=1S/C13H22N4O3S/c1-4-20-13(19)10(14)7-21-8-12(18)16-11-5-6-15-17(11)9(2)3/h5-6,9-10H,4,7-8,14H2,1-3H3,(H,16,18). The lowest BCUT2D eigenvalue weighted by atomic mass is 10.4. The number of aromatic nitrogens is 2. The van der Waals surface area contributed by atoms with E-state index in [1.54, 1.807) is 23.9 Å². The van der Waals surface area contributed by atoms with Crippen molar-refractivity contribution in [1.82, 2.24) is 9.78 Å².